The highest BCUT2D eigenvalue weighted by atomic mass is 16.1. The number of likely N-dealkylation sites (tertiary alicyclic amines) is 2. The van der Waals surface area contributed by atoms with Crippen molar-refractivity contribution in [1.82, 2.24) is 9.80 Å². The summed E-state index contributed by atoms with van der Waals surface area (Å²) in [5, 5.41) is 0. The molecule has 0 aromatic heterocycles. The number of fused-ring (bicyclic) bond motifs is 1. The van der Waals surface area contributed by atoms with Crippen LogP contribution in [0.15, 0.2) is 0 Å². The minimum absolute atomic E-state index is 0.135. The zero-order chi connectivity index (χ0) is 13.1. The van der Waals surface area contributed by atoms with Crippen molar-refractivity contribution < 1.29 is 4.79 Å². The fourth-order valence-corrected chi connectivity index (χ4v) is 3.61. The minimum atomic E-state index is -0.242. The summed E-state index contributed by atoms with van der Waals surface area (Å²) in [5.74, 6) is 0.493. The van der Waals surface area contributed by atoms with Crippen LogP contribution in [0.1, 0.15) is 25.7 Å². The van der Waals surface area contributed by atoms with E-state index in [1.54, 1.807) is 0 Å². The summed E-state index contributed by atoms with van der Waals surface area (Å²) in [6.45, 7) is 3.86. The van der Waals surface area contributed by atoms with Crippen LogP contribution in [0.25, 0.3) is 0 Å². The number of rotatable bonds is 4. The van der Waals surface area contributed by atoms with Crippen LogP contribution in [-0.2, 0) is 4.79 Å². The van der Waals surface area contributed by atoms with Gasteiger partial charge in [0.05, 0.1) is 0 Å². The minimum Gasteiger partial charge on any atom is -0.370 e. The summed E-state index contributed by atoms with van der Waals surface area (Å²) in [6.07, 6.45) is 4.17. The Balaban J connectivity index is 1.94. The van der Waals surface area contributed by atoms with Crippen LogP contribution in [0.3, 0.4) is 0 Å². The molecule has 0 aliphatic carbocycles. The Bertz CT molecular complexity index is 297. The monoisotopic (exact) mass is 254 g/mol. The summed E-state index contributed by atoms with van der Waals surface area (Å²) in [6, 6.07) is 0.859. The van der Waals surface area contributed by atoms with E-state index in [1.165, 1.54) is 25.8 Å². The first-order valence-corrected chi connectivity index (χ1v) is 7.04. The van der Waals surface area contributed by atoms with Gasteiger partial charge in [0.1, 0.15) is 0 Å². The highest BCUT2D eigenvalue weighted by Gasteiger charge is 2.36. The van der Waals surface area contributed by atoms with Crippen molar-refractivity contribution in [3.8, 4) is 0 Å². The molecular formula is C13H26N4O. The van der Waals surface area contributed by atoms with Gasteiger partial charge in [-0.1, -0.05) is 0 Å². The predicted molar refractivity (Wildman–Crippen MR) is 72.0 cm³/mol. The van der Waals surface area contributed by atoms with E-state index < -0.39 is 0 Å². The number of primary amides is 1. The van der Waals surface area contributed by atoms with E-state index in [0.717, 1.165) is 25.0 Å². The molecule has 0 aromatic carbocycles. The molecule has 0 bridgehead atoms. The highest BCUT2D eigenvalue weighted by molar-refractivity contribution is 5.74. The first-order valence-electron chi connectivity index (χ1n) is 7.04. The Morgan fingerprint density at radius 3 is 2.83 bits per heavy atom. The molecule has 2 saturated heterocycles. The normalized spacial score (nSPS) is 31.9. The summed E-state index contributed by atoms with van der Waals surface area (Å²) in [7, 11) is 2.23. The lowest BCUT2D eigenvalue weighted by Gasteiger charge is -2.47. The second-order valence-corrected chi connectivity index (χ2v) is 5.79. The first kappa shape index (κ1) is 13.8. The molecule has 0 spiro atoms. The number of nitrogens with two attached hydrogens (primary N) is 2. The van der Waals surface area contributed by atoms with Crippen molar-refractivity contribution in [1.29, 1.82) is 0 Å². The number of carbonyl (C=O) groups is 1. The molecule has 0 aromatic rings. The number of amides is 1. The molecule has 0 saturated carbocycles. The largest absolute Gasteiger partial charge is 0.370 e. The van der Waals surface area contributed by atoms with E-state index in [-0.39, 0.29) is 11.9 Å². The Morgan fingerprint density at radius 1 is 1.39 bits per heavy atom. The third-order valence-electron chi connectivity index (χ3n) is 4.60. The zero-order valence-electron chi connectivity index (χ0n) is 11.3. The van der Waals surface area contributed by atoms with Gasteiger partial charge in [-0.05, 0) is 38.8 Å². The average Bonchev–Trinajstić information content (AvgIpc) is 2.35. The Hall–Kier alpha value is -0.650. The SMILES string of the molecule is CN1CCCC2CN(C(CN)CC(N)=O)CCC21. The average molecular weight is 254 g/mol. The van der Waals surface area contributed by atoms with E-state index >= 15 is 0 Å². The summed E-state index contributed by atoms with van der Waals surface area (Å²) >= 11 is 0. The highest BCUT2D eigenvalue weighted by Crippen LogP contribution is 2.30. The van der Waals surface area contributed by atoms with Crippen molar-refractivity contribution in [2.24, 2.45) is 17.4 Å². The van der Waals surface area contributed by atoms with E-state index in [4.69, 9.17) is 11.5 Å². The van der Waals surface area contributed by atoms with Crippen LogP contribution in [0, 0.1) is 5.92 Å². The number of carbonyl (C=O) groups excluding carboxylic acids is 1. The van der Waals surface area contributed by atoms with Crippen molar-refractivity contribution in [3.63, 3.8) is 0 Å². The lowest BCUT2D eigenvalue weighted by molar-refractivity contribution is -0.119. The molecule has 2 fully saturated rings. The van der Waals surface area contributed by atoms with Crippen molar-refractivity contribution in [2.75, 3.05) is 33.2 Å². The van der Waals surface area contributed by atoms with Crippen LogP contribution in [0.4, 0.5) is 0 Å². The quantitative estimate of drug-likeness (QED) is 0.716. The van der Waals surface area contributed by atoms with Crippen LogP contribution < -0.4 is 11.5 Å². The number of hydrogen-bond donors (Lipinski definition) is 2. The fourth-order valence-electron chi connectivity index (χ4n) is 3.61. The van der Waals surface area contributed by atoms with Crippen molar-refractivity contribution in [3.05, 3.63) is 0 Å². The van der Waals surface area contributed by atoms with Gasteiger partial charge >= 0.3 is 0 Å². The molecule has 2 heterocycles. The van der Waals surface area contributed by atoms with E-state index in [1.807, 2.05) is 0 Å². The van der Waals surface area contributed by atoms with Gasteiger partial charge in [-0.3, -0.25) is 9.69 Å². The van der Waals surface area contributed by atoms with Crippen molar-refractivity contribution >= 4 is 5.91 Å². The third-order valence-corrected chi connectivity index (χ3v) is 4.60. The number of hydrogen-bond acceptors (Lipinski definition) is 4. The maximum absolute atomic E-state index is 11.1. The summed E-state index contributed by atoms with van der Waals surface area (Å²) in [5.41, 5.74) is 11.1. The molecule has 3 unspecified atom stereocenters. The maximum Gasteiger partial charge on any atom is 0.219 e. The van der Waals surface area contributed by atoms with Crippen LogP contribution in [0.5, 0.6) is 0 Å². The molecule has 5 nitrogen and oxygen atoms in total. The second kappa shape index (κ2) is 5.99. The molecule has 2 rings (SSSR count). The van der Waals surface area contributed by atoms with Crippen LogP contribution in [-0.4, -0.2) is 61.0 Å². The molecule has 2 aliphatic rings. The fraction of sp³-hybridized carbons (Fsp3) is 0.923. The number of nitrogens with zero attached hydrogens (tertiary/aromatic N) is 2. The van der Waals surface area contributed by atoms with Gasteiger partial charge in [0, 0.05) is 38.1 Å². The predicted octanol–water partition coefficient (Wildman–Crippen LogP) is -0.395. The standard InChI is InChI=1S/C13H26N4O/c1-16-5-2-3-10-9-17(6-4-12(10)16)11(8-14)7-13(15)18/h10-12H,2-9,14H2,1H3,(H2,15,18). The Kier molecular flexibility index (Phi) is 4.59. The van der Waals surface area contributed by atoms with Gasteiger partial charge in [0.25, 0.3) is 0 Å². The molecule has 5 heteroatoms. The Labute approximate surface area is 109 Å². The van der Waals surface area contributed by atoms with Crippen LogP contribution in [0.2, 0.25) is 0 Å². The van der Waals surface area contributed by atoms with Gasteiger partial charge in [0.15, 0.2) is 0 Å². The molecule has 2 aliphatic heterocycles. The smallest absolute Gasteiger partial charge is 0.219 e. The Morgan fingerprint density at radius 2 is 2.17 bits per heavy atom. The van der Waals surface area contributed by atoms with E-state index in [0.29, 0.717) is 13.0 Å². The molecule has 3 atom stereocenters. The lowest BCUT2D eigenvalue weighted by Crippen LogP contribution is -2.56. The molecule has 18 heavy (non-hydrogen) atoms. The van der Waals surface area contributed by atoms with E-state index in [2.05, 4.69) is 16.8 Å². The molecular weight excluding hydrogens is 228 g/mol. The number of piperidine rings is 2. The van der Waals surface area contributed by atoms with Gasteiger partial charge < -0.3 is 16.4 Å². The molecule has 104 valence electrons. The van der Waals surface area contributed by atoms with E-state index in [9.17, 15) is 4.79 Å². The zero-order valence-corrected chi connectivity index (χ0v) is 11.3. The maximum atomic E-state index is 11.1. The van der Waals surface area contributed by atoms with Crippen molar-refractivity contribution in [2.45, 2.75) is 37.8 Å². The first-order chi connectivity index (χ1) is 8.61. The van der Waals surface area contributed by atoms with Gasteiger partial charge in [-0.15, -0.1) is 0 Å². The molecule has 0 radical (unpaired) electrons. The third kappa shape index (κ3) is 3.02. The molecule has 1 amide bonds. The van der Waals surface area contributed by atoms with Gasteiger partial charge in [-0.25, -0.2) is 0 Å². The second-order valence-electron chi connectivity index (χ2n) is 5.79. The topological polar surface area (TPSA) is 75.6 Å². The summed E-state index contributed by atoms with van der Waals surface area (Å²) in [4.78, 5) is 16.0. The van der Waals surface area contributed by atoms with Gasteiger partial charge in [-0.2, -0.15) is 0 Å². The van der Waals surface area contributed by atoms with Gasteiger partial charge in [0.2, 0.25) is 5.91 Å². The molecule has 4 N–H and O–H groups in total. The summed E-state index contributed by atoms with van der Waals surface area (Å²) < 4.78 is 0. The lowest BCUT2D eigenvalue weighted by atomic mass is 9.83. The van der Waals surface area contributed by atoms with Crippen LogP contribution >= 0.6 is 0 Å².